The van der Waals surface area contributed by atoms with Gasteiger partial charge in [-0.2, -0.15) is 0 Å². The van der Waals surface area contributed by atoms with Gasteiger partial charge in [0.2, 0.25) is 5.91 Å². The zero-order valence-electron chi connectivity index (χ0n) is 13.3. The van der Waals surface area contributed by atoms with Crippen LogP contribution in [0.25, 0.3) is 0 Å². The Morgan fingerprint density at radius 1 is 1.33 bits per heavy atom. The van der Waals surface area contributed by atoms with Crippen LogP contribution in [0.5, 0.6) is 0 Å². The van der Waals surface area contributed by atoms with Gasteiger partial charge in [0, 0.05) is 20.0 Å². The second kappa shape index (κ2) is 10.1. The van der Waals surface area contributed by atoms with Gasteiger partial charge in [0.15, 0.2) is 0 Å². The summed E-state index contributed by atoms with van der Waals surface area (Å²) in [7, 11) is 0. The number of nitrogens with zero attached hydrogens (tertiary/aromatic N) is 1. The Labute approximate surface area is 127 Å². The first kappa shape index (κ1) is 18.4. The first-order valence-electron chi connectivity index (χ1n) is 8.11. The number of amides is 1. The summed E-state index contributed by atoms with van der Waals surface area (Å²) in [5.74, 6) is -0.134. The fourth-order valence-corrected chi connectivity index (χ4v) is 2.62. The molecule has 0 unspecified atom stereocenters. The number of carbonyl (C=O) groups excluding carboxylic acids is 1. The number of rotatable bonds is 5. The molecule has 2 saturated heterocycles. The lowest BCUT2D eigenvalue weighted by atomic mass is 10.1. The molecule has 4 N–H and O–H groups in total. The van der Waals surface area contributed by atoms with E-state index in [1.165, 1.54) is 52.2 Å². The van der Waals surface area contributed by atoms with Crippen molar-refractivity contribution in [1.29, 1.82) is 0 Å². The highest BCUT2D eigenvalue weighted by molar-refractivity contribution is 5.72. The van der Waals surface area contributed by atoms with Gasteiger partial charge in [-0.25, -0.2) is 0 Å². The number of hydrogen-bond acceptors (Lipinski definition) is 5. The molecule has 2 aliphatic heterocycles. The first-order chi connectivity index (χ1) is 10.0. The molecule has 0 aromatic carbocycles. The highest BCUT2D eigenvalue weighted by atomic mass is 16.3. The summed E-state index contributed by atoms with van der Waals surface area (Å²) in [6, 6.07) is -0.233. The molecule has 2 aliphatic rings. The molecule has 0 aliphatic carbocycles. The largest absolute Gasteiger partial charge is 0.389 e. The Kier molecular flexibility index (Phi) is 8.84. The molecular formula is C15H31N3O3. The van der Waals surface area contributed by atoms with E-state index < -0.39 is 12.2 Å². The minimum absolute atomic E-state index is 0.134. The van der Waals surface area contributed by atoms with E-state index in [1.54, 1.807) is 0 Å². The van der Waals surface area contributed by atoms with Crippen LogP contribution in [0.3, 0.4) is 0 Å². The van der Waals surface area contributed by atoms with Gasteiger partial charge in [-0.3, -0.25) is 4.79 Å². The third-order valence-electron chi connectivity index (χ3n) is 3.99. The summed E-state index contributed by atoms with van der Waals surface area (Å²) in [6.45, 7) is 8.48. The lowest BCUT2D eigenvalue weighted by Crippen LogP contribution is -2.42. The maximum absolute atomic E-state index is 10.5. The zero-order chi connectivity index (χ0) is 15.7. The first-order valence-corrected chi connectivity index (χ1v) is 8.11. The molecule has 21 heavy (non-hydrogen) atoms. The quantitative estimate of drug-likeness (QED) is 0.560. The summed E-state index contributed by atoms with van der Waals surface area (Å²) in [5, 5.41) is 23.9. The summed E-state index contributed by atoms with van der Waals surface area (Å²) in [5.41, 5.74) is 0. The van der Waals surface area contributed by atoms with Crippen molar-refractivity contribution in [1.82, 2.24) is 15.5 Å². The van der Waals surface area contributed by atoms with E-state index >= 15 is 0 Å². The zero-order valence-corrected chi connectivity index (χ0v) is 13.3. The van der Waals surface area contributed by atoms with Gasteiger partial charge in [-0.1, -0.05) is 13.3 Å². The van der Waals surface area contributed by atoms with Crippen LogP contribution < -0.4 is 10.6 Å². The molecule has 0 spiro atoms. The van der Waals surface area contributed by atoms with Crippen molar-refractivity contribution in [2.45, 2.75) is 57.8 Å². The van der Waals surface area contributed by atoms with Crippen LogP contribution >= 0.6 is 0 Å². The Hall–Kier alpha value is -0.690. The molecule has 6 heteroatoms. The topological polar surface area (TPSA) is 84.8 Å². The molecule has 2 rings (SSSR count). The van der Waals surface area contributed by atoms with Crippen molar-refractivity contribution in [3.8, 4) is 0 Å². The Morgan fingerprint density at radius 3 is 2.48 bits per heavy atom. The minimum atomic E-state index is -0.781. The molecule has 0 saturated carbocycles. The van der Waals surface area contributed by atoms with Crippen LogP contribution in [0.4, 0.5) is 0 Å². The number of unbranched alkanes of at least 4 members (excludes halogenated alkanes) is 1. The fourth-order valence-electron chi connectivity index (χ4n) is 2.62. The summed E-state index contributed by atoms with van der Waals surface area (Å²) in [4.78, 5) is 13.1. The number of nitrogens with one attached hydrogen (secondary N) is 2. The van der Waals surface area contributed by atoms with E-state index in [1.807, 2.05) is 0 Å². The Bertz CT molecular complexity index is 296. The molecule has 3 atom stereocenters. The van der Waals surface area contributed by atoms with Crippen LogP contribution in [-0.4, -0.2) is 72.0 Å². The lowest BCUT2D eigenvalue weighted by molar-refractivity contribution is -0.119. The fraction of sp³-hybridized carbons (Fsp3) is 0.933. The summed E-state index contributed by atoms with van der Waals surface area (Å²) >= 11 is 0. The molecule has 2 heterocycles. The van der Waals surface area contributed by atoms with E-state index in [0.29, 0.717) is 13.1 Å². The van der Waals surface area contributed by atoms with Gasteiger partial charge in [0.25, 0.3) is 0 Å². The van der Waals surface area contributed by atoms with Crippen LogP contribution in [0.2, 0.25) is 0 Å². The van der Waals surface area contributed by atoms with E-state index in [-0.39, 0.29) is 11.9 Å². The average molecular weight is 301 g/mol. The van der Waals surface area contributed by atoms with Crippen molar-refractivity contribution >= 4 is 5.91 Å². The number of aliphatic hydroxyl groups is 2. The predicted octanol–water partition coefficient (Wildman–Crippen LogP) is -0.302. The van der Waals surface area contributed by atoms with Crippen LogP contribution in [0.15, 0.2) is 0 Å². The second-order valence-electron chi connectivity index (χ2n) is 5.91. The minimum Gasteiger partial charge on any atom is -0.389 e. The van der Waals surface area contributed by atoms with E-state index in [4.69, 9.17) is 5.11 Å². The van der Waals surface area contributed by atoms with E-state index in [9.17, 15) is 9.90 Å². The highest BCUT2D eigenvalue weighted by Crippen LogP contribution is 2.07. The molecule has 0 aromatic rings. The second-order valence-corrected chi connectivity index (χ2v) is 5.91. The molecule has 124 valence electrons. The van der Waals surface area contributed by atoms with Crippen LogP contribution in [0, 0.1) is 0 Å². The monoisotopic (exact) mass is 301 g/mol. The van der Waals surface area contributed by atoms with Crippen molar-refractivity contribution in [2.75, 3.05) is 32.7 Å². The molecule has 6 nitrogen and oxygen atoms in total. The Balaban J connectivity index is 0.000000219. The lowest BCUT2D eigenvalue weighted by Gasteiger charge is -2.15. The van der Waals surface area contributed by atoms with Gasteiger partial charge >= 0.3 is 0 Å². The molecule has 2 fully saturated rings. The number of β-amino-alcohol motifs (C(OH)–C–C–N with tert-alkyl or cyclic N) is 1. The smallest absolute Gasteiger partial charge is 0.216 e. The molecule has 0 aromatic heterocycles. The SMILES string of the molecule is CC(=O)NC[C@H]1NC[C@H](O)[C@@H]1O.CCCCN1CCCC1. The third kappa shape index (κ3) is 7.22. The van der Waals surface area contributed by atoms with Crippen LogP contribution in [0.1, 0.15) is 39.5 Å². The van der Waals surface area contributed by atoms with E-state index in [0.717, 1.165) is 0 Å². The summed E-state index contributed by atoms with van der Waals surface area (Å²) in [6.07, 6.45) is 4.10. The van der Waals surface area contributed by atoms with Crippen molar-refractivity contribution in [3.05, 3.63) is 0 Å². The van der Waals surface area contributed by atoms with Crippen molar-refractivity contribution in [2.24, 2.45) is 0 Å². The molecular weight excluding hydrogens is 270 g/mol. The normalized spacial score (nSPS) is 29.0. The predicted molar refractivity (Wildman–Crippen MR) is 83.1 cm³/mol. The standard InChI is InChI=1S/C8H17N.C7H14N2O3/c1-2-3-6-9-7-4-5-8-9;1-4(10)8-2-5-7(12)6(11)3-9-5/h2-8H2,1H3;5-7,9,11-12H,2-3H2,1H3,(H,8,10)/t;5-,6+,7-/m.1/s1. The van der Waals surface area contributed by atoms with Gasteiger partial charge < -0.3 is 25.7 Å². The van der Waals surface area contributed by atoms with Crippen molar-refractivity contribution in [3.63, 3.8) is 0 Å². The van der Waals surface area contributed by atoms with Gasteiger partial charge in [-0.05, 0) is 38.9 Å². The maximum atomic E-state index is 10.5. The third-order valence-corrected chi connectivity index (χ3v) is 3.99. The van der Waals surface area contributed by atoms with E-state index in [2.05, 4.69) is 22.5 Å². The molecule has 0 radical (unpaired) electrons. The van der Waals surface area contributed by atoms with Crippen LogP contribution in [-0.2, 0) is 4.79 Å². The molecule has 1 amide bonds. The number of hydrogen-bond donors (Lipinski definition) is 4. The van der Waals surface area contributed by atoms with Gasteiger partial charge in [0.05, 0.1) is 18.2 Å². The number of carbonyl (C=O) groups is 1. The Morgan fingerprint density at radius 2 is 2.00 bits per heavy atom. The van der Waals surface area contributed by atoms with Gasteiger partial charge in [-0.15, -0.1) is 0 Å². The number of aliphatic hydroxyl groups excluding tert-OH is 2. The summed E-state index contributed by atoms with van der Waals surface area (Å²) < 4.78 is 0. The molecule has 0 bridgehead atoms. The highest BCUT2D eigenvalue weighted by Gasteiger charge is 2.32. The van der Waals surface area contributed by atoms with Crippen molar-refractivity contribution < 1.29 is 15.0 Å². The average Bonchev–Trinajstić information content (AvgIpc) is 3.07. The number of likely N-dealkylation sites (tertiary alicyclic amines) is 1. The maximum Gasteiger partial charge on any atom is 0.216 e. The van der Waals surface area contributed by atoms with Gasteiger partial charge in [0.1, 0.15) is 0 Å².